The van der Waals surface area contributed by atoms with Crippen LogP contribution in [0.2, 0.25) is 0 Å². The van der Waals surface area contributed by atoms with Gasteiger partial charge in [-0.1, -0.05) is 23.4 Å². The monoisotopic (exact) mass is 382 g/mol. The van der Waals surface area contributed by atoms with Crippen molar-refractivity contribution in [3.8, 4) is 11.3 Å². The summed E-state index contributed by atoms with van der Waals surface area (Å²) >= 11 is 0. The first kappa shape index (κ1) is 20.0. The van der Waals surface area contributed by atoms with Crippen LogP contribution in [0.5, 0.6) is 0 Å². The number of aromatic nitrogens is 2. The van der Waals surface area contributed by atoms with Gasteiger partial charge < -0.3 is 9.42 Å². The van der Waals surface area contributed by atoms with Crippen molar-refractivity contribution in [2.24, 2.45) is 10.3 Å². The summed E-state index contributed by atoms with van der Waals surface area (Å²) in [6.45, 7) is 12.2. The molecule has 1 aliphatic carbocycles. The molecule has 0 bridgehead atoms. The summed E-state index contributed by atoms with van der Waals surface area (Å²) in [5.41, 5.74) is 8.90. The Hall–Kier alpha value is -2.70. The van der Waals surface area contributed by atoms with Crippen molar-refractivity contribution in [3.63, 3.8) is 0 Å². The smallest absolute Gasteiger partial charge is 0.138 e. The molecule has 150 valence electrons. The highest BCUT2D eigenvalue weighted by molar-refractivity contribution is 5.87. The molecule has 1 N–H and O–H groups in total. The average molecular weight is 383 g/mol. The molecule has 0 saturated heterocycles. The molecule has 0 spiro atoms. The molecule has 7 nitrogen and oxygen atoms in total. The Labute approximate surface area is 166 Å². The van der Waals surface area contributed by atoms with Crippen molar-refractivity contribution in [2.75, 3.05) is 25.0 Å². The molecule has 2 aromatic rings. The third-order valence-electron chi connectivity index (χ3n) is 5.24. The van der Waals surface area contributed by atoms with E-state index in [1.807, 2.05) is 13.0 Å². The van der Waals surface area contributed by atoms with Crippen LogP contribution >= 0.6 is 0 Å². The summed E-state index contributed by atoms with van der Waals surface area (Å²) in [4.78, 5) is 7.39. The number of anilines is 1. The van der Waals surface area contributed by atoms with Gasteiger partial charge in [-0.2, -0.15) is 5.11 Å². The fourth-order valence-electron chi connectivity index (χ4n) is 3.88. The molecule has 0 unspecified atom stereocenters. The molecule has 0 atom stereocenters. The van der Waals surface area contributed by atoms with Crippen molar-refractivity contribution in [3.05, 3.63) is 35.2 Å². The zero-order valence-electron chi connectivity index (χ0n) is 17.4. The molecule has 0 aliphatic heterocycles. The van der Waals surface area contributed by atoms with E-state index in [-0.39, 0.29) is 0 Å². The fourth-order valence-corrected chi connectivity index (χ4v) is 3.88. The highest BCUT2D eigenvalue weighted by Crippen LogP contribution is 2.40. The molecular formula is C21H30N6O. The Kier molecular flexibility index (Phi) is 6.44. The Morgan fingerprint density at radius 2 is 2.00 bits per heavy atom. The summed E-state index contributed by atoms with van der Waals surface area (Å²) in [7, 11) is 1.63. The normalized spacial score (nSPS) is 14.0. The van der Waals surface area contributed by atoms with E-state index < -0.39 is 0 Å². The zero-order valence-corrected chi connectivity index (χ0v) is 17.4. The maximum absolute atomic E-state index is 5.43. The van der Waals surface area contributed by atoms with Crippen molar-refractivity contribution < 1.29 is 4.52 Å². The SMILES string of the molecule is C=C(NN=NC)c1c(N(CC)CC)nc2c(c1-c1cc(C)on1)CCCCC2. The van der Waals surface area contributed by atoms with Gasteiger partial charge >= 0.3 is 0 Å². The van der Waals surface area contributed by atoms with Crippen LogP contribution in [-0.4, -0.2) is 30.3 Å². The summed E-state index contributed by atoms with van der Waals surface area (Å²) in [5.74, 6) is 1.71. The van der Waals surface area contributed by atoms with Crippen molar-refractivity contribution in [1.29, 1.82) is 0 Å². The molecule has 7 heteroatoms. The highest BCUT2D eigenvalue weighted by Gasteiger charge is 2.27. The summed E-state index contributed by atoms with van der Waals surface area (Å²) in [6, 6.07) is 1.99. The number of hydrogen-bond donors (Lipinski definition) is 1. The maximum atomic E-state index is 5.43. The van der Waals surface area contributed by atoms with E-state index in [9.17, 15) is 0 Å². The van der Waals surface area contributed by atoms with Crippen LogP contribution in [0.1, 0.15) is 55.7 Å². The number of aryl methyl sites for hydroxylation is 2. The quantitative estimate of drug-likeness (QED) is 0.426. The number of nitrogens with zero attached hydrogens (tertiary/aromatic N) is 5. The van der Waals surface area contributed by atoms with Gasteiger partial charge in [0.05, 0.1) is 18.3 Å². The molecule has 1 aliphatic rings. The van der Waals surface area contributed by atoms with Gasteiger partial charge in [0.1, 0.15) is 17.3 Å². The van der Waals surface area contributed by atoms with Gasteiger partial charge in [-0.15, -0.1) is 0 Å². The van der Waals surface area contributed by atoms with Gasteiger partial charge in [0, 0.05) is 30.4 Å². The van der Waals surface area contributed by atoms with E-state index in [1.165, 1.54) is 17.7 Å². The second-order valence-electron chi connectivity index (χ2n) is 7.06. The molecule has 0 radical (unpaired) electrons. The summed E-state index contributed by atoms with van der Waals surface area (Å²) < 4.78 is 5.43. The first-order valence-corrected chi connectivity index (χ1v) is 10.1. The predicted octanol–water partition coefficient (Wildman–Crippen LogP) is 4.72. The number of fused-ring (bicyclic) bond motifs is 1. The molecular weight excluding hydrogens is 352 g/mol. The van der Waals surface area contributed by atoms with Crippen LogP contribution in [0.3, 0.4) is 0 Å². The standard InChI is InChI=1S/C21H30N6O/c1-6-27(7-2)21-19(15(4)24-26-22-5)20(18-13-14(3)28-25-18)16-11-9-8-10-12-17(16)23-21/h13H,4,6-12H2,1-3,5H3,(H,22,24). The fraction of sp³-hybridized carbons (Fsp3) is 0.524. The summed E-state index contributed by atoms with van der Waals surface area (Å²) in [6.07, 6.45) is 5.50. The minimum absolute atomic E-state index is 0.669. The van der Waals surface area contributed by atoms with E-state index in [1.54, 1.807) is 7.05 Å². The molecule has 28 heavy (non-hydrogen) atoms. The van der Waals surface area contributed by atoms with Crippen LogP contribution in [0.25, 0.3) is 17.0 Å². The van der Waals surface area contributed by atoms with Crippen LogP contribution in [0.15, 0.2) is 27.5 Å². The minimum atomic E-state index is 0.669. The summed E-state index contributed by atoms with van der Waals surface area (Å²) in [5, 5.41) is 12.1. The molecule has 2 aromatic heterocycles. The molecule has 0 amide bonds. The van der Waals surface area contributed by atoms with Gasteiger partial charge in [0.25, 0.3) is 0 Å². The molecule has 3 rings (SSSR count). The first-order chi connectivity index (χ1) is 13.6. The largest absolute Gasteiger partial charge is 0.361 e. The van der Waals surface area contributed by atoms with Crippen molar-refractivity contribution in [2.45, 2.75) is 52.9 Å². The third kappa shape index (κ3) is 3.93. The second kappa shape index (κ2) is 8.99. The lowest BCUT2D eigenvalue weighted by molar-refractivity contribution is 0.399. The number of rotatable bonds is 7. The molecule has 2 heterocycles. The Bertz CT molecular complexity index is 866. The predicted molar refractivity (Wildman–Crippen MR) is 112 cm³/mol. The van der Waals surface area contributed by atoms with Crippen molar-refractivity contribution in [1.82, 2.24) is 15.6 Å². The lowest BCUT2D eigenvalue weighted by Gasteiger charge is -2.27. The van der Waals surface area contributed by atoms with E-state index in [0.29, 0.717) is 5.70 Å². The van der Waals surface area contributed by atoms with Gasteiger partial charge in [-0.05, 0) is 52.0 Å². The maximum Gasteiger partial charge on any atom is 0.138 e. The number of hydrogen-bond acceptors (Lipinski definition) is 6. The van der Waals surface area contributed by atoms with E-state index in [0.717, 1.165) is 67.2 Å². The minimum Gasteiger partial charge on any atom is -0.361 e. The average Bonchev–Trinajstić information content (AvgIpc) is 2.98. The van der Waals surface area contributed by atoms with Crippen LogP contribution in [-0.2, 0) is 12.8 Å². The Morgan fingerprint density at radius 3 is 2.64 bits per heavy atom. The number of pyridine rings is 1. The Morgan fingerprint density at radius 1 is 1.25 bits per heavy atom. The third-order valence-corrected chi connectivity index (χ3v) is 5.24. The zero-order chi connectivity index (χ0) is 20.1. The molecule has 0 aromatic carbocycles. The van der Waals surface area contributed by atoms with Gasteiger partial charge in [0.2, 0.25) is 0 Å². The van der Waals surface area contributed by atoms with Crippen LogP contribution in [0, 0.1) is 6.92 Å². The van der Waals surface area contributed by atoms with E-state index >= 15 is 0 Å². The first-order valence-electron chi connectivity index (χ1n) is 10.1. The lowest BCUT2D eigenvalue weighted by Crippen LogP contribution is -2.26. The molecule has 0 saturated carbocycles. The van der Waals surface area contributed by atoms with Gasteiger partial charge in [0.15, 0.2) is 0 Å². The van der Waals surface area contributed by atoms with Gasteiger partial charge in [-0.3, -0.25) is 5.43 Å². The number of nitrogens with one attached hydrogen (secondary N) is 1. The highest BCUT2D eigenvalue weighted by atomic mass is 16.5. The van der Waals surface area contributed by atoms with E-state index in [4.69, 9.17) is 9.51 Å². The topological polar surface area (TPSA) is 78.9 Å². The van der Waals surface area contributed by atoms with Gasteiger partial charge in [-0.25, -0.2) is 4.98 Å². The van der Waals surface area contributed by atoms with Crippen molar-refractivity contribution >= 4 is 11.5 Å². The lowest BCUT2D eigenvalue weighted by atomic mass is 9.92. The Balaban J connectivity index is 2.33. The molecule has 0 fully saturated rings. The van der Waals surface area contributed by atoms with E-state index in [2.05, 4.69) is 46.2 Å². The second-order valence-corrected chi connectivity index (χ2v) is 7.06. The van der Waals surface area contributed by atoms with Crippen LogP contribution in [0.4, 0.5) is 5.82 Å². The van der Waals surface area contributed by atoms with Crippen LogP contribution < -0.4 is 10.3 Å².